The summed E-state index contributed by atoms with van der Waals surface area (Å²) in [6.07, 6.45) is 4.51. The van der Waals surface area contributed by atoms with Crippen molar-refractivity contribution in [3.05, 3.63) is 131 Å². The molecule has 0 saturated carbocycles. The van der Waals surface area contributed by atoms with E-state index in [1.165, 1.54) is 22.3 Å². The number of hydrogen-bond donors (Lipinski definition) is 0. The molecule has 1 aliphatic carbocycles. The lowest BCUT2D eigenvalue weighted by molar-refractivity contribution is 0.163. The van der Waals surface area contributed by atoms with E-state index in [1.807, 2.05) is 12.1 Å². The molecule has 7 rings (SSSR count). The van der Waals surface area contributed by atoms with Crippen molar-refractivity contribution < 1.29 is 14.2 Å². The average Bonchev–Trinajstić information content (AvgIpc) is 3.24. The van der Waals surface area contributed by atoms with Crippen LogP contribution in [0, 0.1) is 0 Å². The lowest BCUT2D eigenvalue weighted by atomic mass is 9.77. The minimum absolute atomic E-state index is 0.204. The lowest BCUT2D eigenvalue weighted by Crippen LogP contribution is -2.35. The van der Waals surface area contributed by atoms with E-state index < -0.39 is 5.60 Å². The Morgan fingerprint density at radius 3 is 1.85 bits per heavy atom. The van der Waals surface area contributed by atoms with E-state index in [4.69, 9.17) is 14.2 Å². The fourth-order valence-corrected chi connectivity index (χ4v) is 6.62. The average molecular weight is 511 g/mol. The Kier molecular flexibility index (Phi) is 5.15. The second kappa shape index (κ2) is 8.51. The predicted octanol–water partition coefficient (Wildman–Crippen LogP) is 8.51. The summed E-state index contributed by atoms with van der Waals surface area (Å²) in [6.45, 7) is 4.63. The molecular formula is C36H30O3. The molecule has 3 nitrogen and oxygen atoms in total. The van der Waals surface area contributed by atoms with E-state index in [9.17, 15) is 0 Å². The standard InChI is InChI=1S/C36H30O3/c1-35(2)29-18-12-11-17-25(29)32-27-21-30(37-3)31(38-4)22-28(27)34-26(33(32)35)19-20-36(39-34,23-13-7-5-8-14-23)24-15-9-6-10-16-24/h5-22H,1-4H3. The lowest BCUT2D eigenvalue weighted by Gasteiger charge is -2.38. The van der Waals surface area contributed by atoms with Gasteiger partial charge in [0.2, 0.25) is 0 Å². The Morgan fingerprint density at radius 2 is 1.23 bits per heavy atom. The molecule has 0 amide bonds. The highest BCUT2D eigenvalue weighted by Gasteiger charge is 2.44. The molecule has 5 aromatic rings. The molecule has 2 aliphatic rings. The second-order valence-corrected chi connectivity index (χ2v) is 10.8. The molecule has 0 bridgehead atoms. The maximum atomic E-state index is 7.31. The summed E-state index contributed by atoms with van der Waals surface area (Å²) in [4.78, 5) is 0. The van der Waals surface area contributed by atoms with Crippen LogP contribution in [0.4, 0.5) is 0 Å². The van der Waals surface area contributed by atoms with Crippen molar-refractivity contribution in [2.75, 3.05) is 14.2 Å². The first-order valence-corrected chi connectivity index (χ1v) is 13.3. The molecule has 39 heavy (non-hydrogen) atoms. The van der Waals surface area contributed by atoms with Crippen LogP contribution in [-0.2, 0) is 11.0 Å². The zero-order chi connectivity index (χ0) is 26.8. The summed E-state index contributed by atoms with van der Waals surface area (Å²) in [5.74, 6) is 2.25. The molecule has 0 unspecified atom stereocenters. The van der Waals surface area contributed by atoms with Crippen LogP contribution in [0.2, 0.25) is 0 Å². The molecule has 192 valence electrons. The van der Waals surface area contributed by atoms with Gasteiger partial charge in [-0.15, -0.1) is 0 Å². The van der Waals surface area contributed by atoms with Crippen LogP contribution in [0.5, 0.6) is 17.2 Å². The first-order chi connectivity index (χ1) is 19.0. The smallest absolute Gasteiger partial charge is 0.178 e. The number of methoxy groups -OCH3 is 2. The fourth-order valence-electron chi connectivity index (χ4n) is 6.62. The largest absolute Gasteiger partial charge is 0.493 e. The normalized spacial score (nSPS) is 15.7. The topological polar surface area (TPSA) is 27.7 Å². The Morgan fingerprint density at radius 1 is 0.667 bits per heavy atom. The van der Waals surface area contributed by atoms with E-state index in [1.54, 1.807) is 14.2 Å². The predicted molar refractivity (Wildman–Crippen MR) is 158 cm³/mol. The third-order valence-corrected chi connectivity index (χ3v) is 8.45. The van der Waals surface area contributed by atoms with Crippen molar-refractivity contribution in [1.29, 1.82) is 0 Å². The van der Waals surface area contributed by atoms with Gasteiger partial charge in [0, 0.05) is 27.5 Å². The van der Waals surface area contributed by atoms with Gasteiger partial charge in [0.25, 0.3) is 0 Å². The molecule has 0 fully saturated rings. The quantitative estimate of drug-likeness (QED) is 0.243. The molecule has 0 saturated heterocycles. The van der Waals surface area contributed by atoms with Gasteiger partial charge in [-0.05, 0) is 45.8 Å². The highest BCUT2D eigenvalue weighted by molar-refractivity contribution is 6.09. The highest BCUT2D eigenvalue weighted by atomic mass is 16.5. The summed E-state index contributed by atoms with van der Waals surface area (Å²) in [6, 6.07) is 33.8. The summed E-state index contributed by atoms with van der Waals surface area (Å²) in [5, 5.41) is 2.11. The highest BCUT2D eigenvalue weighted by Crippen LogP contribution is 2.59. The number of fused-ring (bicyclic) bond motifs is 8. The van der Waals surface area contributed by atoms with Gasteiger partial charge in [0.15, 0.2) is 17.1 Å². The summed E-state index contributed by atoms with van der Waals surface area (Å²) in [5.41, 5.74) is 7.40. The Hall–Kier alpha value is -4.50. The van der Waals surface area contributed by atoms with Crippen molar-refractivity contribution in [1.82, 2.24) is 0 Å². The maximum absolute atomic E-state index is 7.31. The van der Waals surface area contributed by atoms with Crippen LogP contribution >= 0.6 is 0 Å². The second-order valence-electron chi connectivity index (χ2n) is 10.8. The van der Waals surface area contributed by atoms with Gasteiger partial charge >= 0.3 is 0 Å². The van der Waals surface area contributed by atoms with Crippen molar-refractivity contribution in [3.63, 3.8) is 0 Å². The summed E-state index contributed by atoms with van der Waals surface area (Å²) >= 11 is 0. The zero-order valence-corrected chi connectivity index (χ0v) is 22.6. The summed E-state index contributed by atoms with van der Waals surface area (Å²) in [7, 11) is 3.37. The van der Waals surface area contributed by atoms with Crippen LogP contribution in [0.3, 0.4) is 0 Å². The van der Waals surface area contributed by atoms with Crippen LogP contribution in [0.1, 0.15) is 41.7 Å². The molecule has 0 atom stereocenters. The maximum Gasteiger partial charge on any atom is 0.178 e. The molecule has 0 aromatic heterocycles. The van der Waals surface area contributed by atoms with E-state index in [2.05, 4.69) is 111 Å². The van der Waals surface area contributed by atoms with Crippen LogP contribution in [0.15, 0.2) is 103 Å². The third kappa shape index (κ3) is 3.23. The minimum atomic E-state index is -0.778. The Bertz CT molecular complexity index is 1730. The Balaban J connectivity index is 1.61. The van der Waals surface area contributed by atoms with Gasteiger partial charge in [-0.2, -0.15) is 0 Å². The minimum Gasteiger partial charge on any atom is -0.493 e. The van der Waals surface area contributed by atoms with Crippen molar-refractivity contribution >= 4 is 16.8 Å². The van der Waals surface area contributed by atoms with Crippen molar-refractivity contribution in [3.8, 4) is 28.4 Å². The van der Waals surface area contributed by atoms with Gasteiger partial charge in [0.05, 0.1) is 14.2 Å². The van der Waals surface area contributed by atoms with E-state index >= 15 is 0 Å². The van der Waals surface area contributed by atoms with E-state index in [-0.39, 0.29) is 5.41 Å². The van der Waals surface area contributed by atoms with Crippen LogP contribution < -0.4 is 14.2 Å². The van der Waals surface area contributed by atoms with Gasteiger partial charge in [-0.3, -0.25) is 0 Å². The molecule has 1 aliphatic heterocycles. The number of ether oxygens (including phenoxy) is 3. The van der Waals surface area contributed by atoms with Crippen molar-refractivity contribution in [2.24, 2.45) is 0 Å². The van der Waals surface area contributed by atoms with Crippen molar-refractivity contribution in [2.45, 2.75) is 24.9 Å². The summed E-state index contributed by atoms with van der Waals surface area (Å²) < 4.78 is 18.9. The van der Waals surface area contributed by atoms with E-state index in [0.717, 1.165) is 33.2 Å². The molecule has 0 radical (unpaired) electrons. The van der Waals surface area contributed by atoms with Gasteiger partial charge in [-0.1, -0.05) is 105 Å². The van der Waals surface area contributed by atoms with Crippen LogP contribution in [-0.4, -0.2) is 14.2 Å². The first-order valence-electron chi connectivity index (χ1n) is 13.3. The number of benzene rings is 5. The SMILES string of the molecule is COc1cc2c3c(c4c(c2cc1OC)-c1ccccc1C4(C)C)C=CC(c1ccccc1)(c1ccccc1)O3. The van der Waals surface area contributed by atoms with E-state index in [0.29, 0.717) is 11.5 Å². The van der Waals surface area contributed by atoms with Crippen LogP contribution in [0.25, 0.3) is 28.0 Å². The molecule has 3 heteroatoms. The first kappa shape index (κ1) is 23.6. The molecule has 0 N–H and O–H groups in total. The molecular weight excluding hydrogens is 480 g/mol. The fraction of sp³-hybridized carbons (Fsp3) is 0.167. The number of hydrogen-bond acceptors (Lipinski definition) is 3. The number of rotatable bonds is 4. The molecule has 1 heterocycles. The van der Waals surface area contributed by atoms with Gasteiger partial charge in [-0.25, -0.2) is 0 Å². The Labute approximate surface area is 229 Å². The zero-order valence-electron chi connectivity index (χ0n) is 22.6. The molecule has 0 spiro atoms. The van der Waals surface area contributed by atoms with Gasteiger partial charge < -0.3 is 14.2 Å². The van der Waals surface area contributed by atoms with Gasteiger partial charge in [0.1, 0.15) is 5.75 Å². The monoisotopic (exact) mass is 510 g/mol. The molecule has 5 aromatic carbocycles. The third-order valence-electron chi connectivity index (χ3n) is 8.45.